The molecule has 36 heavy (non-hydrogen) atoms. The highest BCUT2D eigenvalue weighted by Crippen LogP contribution is 2.35. The van der Waals surface area contributed by atoms with Gasteiger partial charge < -0.3 is 25.2 Å². The highest BCUT2D eigenvalue weighted by Gasteiger charge is 2.30. The number of benzene rings is 3. The number of aliphatic imine (C=N–C) groups is 1. The van der Waals surface area contributed by atoms with E-state index in [1.165, 1.54) is 0 Å². The van der Waals surface area contributed by atoms with Gasteiger partial charge in [0, 0.05) is 59.6 Å². The summed E-state index contributed by atoms with van der Waals surface area (Å²) in [5.41, 5.74) is 4.39. The molecule has 0 saturated carbocycles. The van der Waals surface area contributed by atoms with Gasteiger partial charge >= 0.3 is 0 Å². The Labute approximate surface area is 207 Å². The maximum Gasteiger partial charge on any atom is 0.255 e. The molecular weight excluding hydrogens is 454 g/mol. The van der Waals surface area contributed by atoms with Crippen molar-refractivity contribution in [1.29, 1.82) is 0 Å². The number of H-pyrrole nitrogens is 1. The van der Waals surface area contributed by atoms with Crippen LogP contribution >= 0.6 is 0 Å². The summed E-state index contributed by atoms with van der Waals surface area (Å²) in [6, 6.07) is 20.0. The van der Waals surface area contributed by atoms with E-state index in [4.69, 9.17) is 0 Å². The van der Waals surface area contributed by atoms with E-state index in [9.17, 15) is 14.7 Å². The maximum atomic E-state index is 13.1. The van der Waals surface area contributed by atoms with Gasteiger partial charge in [-0.3, -0.25) is 9.59 Å². The van der Waals surface area contributed by atoms with Crippen molar-refractivity contribution in [3.63, 3.8) is 0 Å². The van der Waals surface area contributed by atoms with Crippen LogP contribution in [0, 0.1) is 0 Å². The molecule has 3 heterocycles. The molecule has 0 unspecified atom stereocenters. The van der Waals surface area contributed by atoms with Crippen molar-refractivity contribution < 1.29 is 14.7 Å². The molecule has 0 atom stereocenters. The predicted octanol–water partition coefficient (Wildman–Crippen LogP) is 4.19. The molecular formula is C28H25N5O3. The molecule has 6 rings (SSSR count). The lowest BCUT2D eigenvalue weighted by Crippen LogP contribution is -2.44. The highest BCUT2D eigenvalue weighted by atomic mass is 16.3. The second-order valence-corrected chi connectivity index (χ2v) is 9.21. The van der Waals surface area contributed by atoms with Crippen LogP contribution in [-0.2, 0) is 0 Å². The van der Waals surface area contributed by atoms with Gasteiger partial charge in [-0.15, -0.1) is 0 Å². The lowest BCUT2D eigenvalue weighted by molar-refractivity contribution is 0.102. The molecule has 0 aliphatic carbocycles. The van der Waals surface area contributed by atoms with E-state index in [1.807, 2.05) is 30.3 Å². The number of hydrogen-bond acceptors (Lipinski definition) is 6. The molecule has 3 N–H and O–H groups in total. The molecule has 2 aliphatic heterocycles. The van der Waals surface area contributed by atoms with Gasteiger partial charge in [0.25, 0.3) is 5.91 Å². The van der Waals surface area contributed by atoms with Crippen LogP contribution in [0.25, 0.3) is 10.9 Å². The van der Waals surface area contributed by atoms with Gasteiger partial charge in [-0.1, -0.05) is 12.1 Å². The number of nitrogens with zero attached hydrogens (tertiary/aromatic N) is 3. The Bertz CT molecular complexity index is 1530. The van der Waals surface area contributed by atoms with Crippen LogP contribution in [0.4, 0.5) is 17.1 Å². The van der Waals surface area contributed by atoms with Crippen molar-refractivity contribution in [2.24, 2.45) is 4.99 Å². The average Bonchev–Trinajstić information content (AvgIpc) is 3.39. The Hall–Kier alpha value is -4.43. The van der Waals surface area contributed by atoms with Gasteiger partial charge in [0.15, 0.2) is 5.88 Å². The standard InChI is InChI=1S/C28H25N5O3/c1-32-12-14-33(15-13-32)19-9-7-18(8-10-19)29-27(35)17-6-11-23-21(16-17)24(28(36)31-23)25-26(34)20-4-2-3-5-22(20)30-25/h2-11,16,31,36H,12-15H2,1H3,(H,29,35). The van der Waals surface area contributed by atoms with E-state index in [0.717, 1.165) is 31.9 Å². The number of nitrogens with one attached hydrogen (secondary N) is 2. The number of amides is 1. The summed E-state index contributed by atoms with van der Waals surface area (Å²) in [5, 5.41) is 14.1. The van der Waals surface area contributed by atoms with Gasteiger partial charge in [0.1, 0.15) is 5.71 Å². The van der Waals surface area contributed by atoms with E-state index < -0.39 is 0 Å². The van der Waals surface area contributed by atoms with Crippen LogP contribution in [0.3, 0.4) is 0 Å². The zero-order valence-electron chi connectivity index (χ0n) is 19.8. The number of aromatic nitrogens is 1. The van der Waals surface area contributed by atoms with Crippen molar-refractivity contribution in [3.05, 3.63) is 83.4 Å². The number of carbonyl (C=O) groups excluding carboxylic acids is 2. The summed E-state index contributed by atoms with van der Waals surface area (Å²) in [4.78, 5) is 38.0. The number of hydrogen-bond donors (Lipinski definition) is 3. The first kappa shape index (κ1) is 22.1. The fourth-order valence-electron chi connectivity index (χ4n) is 4.81. The smallest absolute Gasteiger partial charge is 0.255 e. The number of fused-ring (bicyclic) bond motifs is 2. The predicted molar refractivity (Wildman–Crippen MR) is 141 cm³/mol. The number of carbonyl (C=O) groups is 2. The number of likely N-dealkylation sites (N-methyl/N-ethyl adjacent to an activating group) is 1. The van der Waals surface area contributed by atoms with Crippen LogP contribution in [0.5, 0.6) is 5.88 Å². The zero-order valence-corrected chi connectivity index (χ0v) is 19.8. The fraction of sp³-hybridized carbons (Fsp3) is 0.179. The van der Waals surface area contributed by atoms with Gasteiger partial charge in [0.05, 0.1) is 11.3 Å². The van der Waals surface area contributed by atoms with Crippen LogP contribution in [0.2, 0.25) is 0 Å². The molecule has 1 saturated heterocycles. The first-order valence-corrected chi connectivity index (χ1v) is 11.9. The summed E-state index contributed by atoms with van der Waals surface area (Å²) in [5.74, 6) is -0.682. The Morgan fingerprint density at radius 1 is 1.00 bits per heavy atom. The number of aromatic amines is 1. The molecule has 8 nitrogen and oxygen atoms in total. The first-order chi connectivity index (χ1) is 17.5. The Balaban J connectivity index is 1.25. The zero-order chi connectivity index (χ0) is 24.8. The highest BCUT2D eigenvalue weighted by molar-refractivity contribution is 6.56. The fourth-order valence-corrected chi connectivity index (χ4v) is 4.81. The minimum absolute atomic E-state index is 0.151. The minimum atomic E-state index is -0.279. The van der Waals surface area contributed by atoms with Crippen LogP contribution in [0.15, 0.2) is 71.7 Å². The molecule has 0 bridgehead atoms. The molecule has 3 aromatic carbocycles. The molecule has 4 aromatic rings. The molecule has 1 aromatic heterocycles. The first-order valence-electron chi connectivity index (χ1n) is 11.9. The van der Waals surface area contributed by atoms with Crippen molar-refractivity contribution in [2.75, 3.05) is 43.4 Å². The SMILES string of the molecule is CN1CCN(c2ccc(NC(=O)c3ccc4[nH]c(O)c(C5=Nc6ccccc6C5=O)c4c3)cc2)CC1. The minimum Gasteiger partial charge on any atom is -0.494 e. The van der Waals surface area contributed by atoms with E-state index in [2.05, 4.69) is 32.1 Å². The quantitative estimate of drug-likeness (QED) is 0.407. The van der Waals surface area contributed by atoms with Gasteiger partial charge in [0.2, 0.25) is 5.78 Å². The second-order valence-electron chi connectivity index (χ2n) is 9.21. The second kappa shape index (κ2) is 8.66. The third-order valence-electron chi connectivity index (χ3n) is 6.87. The van der Waals surface area contributed by atoms with Gasteiger partial charge in [-0.2, -0.15) is 0 Å². The topological polar surface area (TPSA) is 101 Å². The van der Waals surface area contributed by atoms with Gasteiger partial charge in [-0.05, 0) is 61.6 Å². The number of piperazine rings is 1. The summed E-state index contributed by atoms with van der Waals surface area (Å²) in [6.07, 6.45) is 0. The molecule has 8 heteroatoms. The summed E-state index contributed by atoms with van der Waals surface area (Å²) in [7, 11) is 2.13. The number of anilines is 2. The van der Waals surface area contributed by atoms with Crippen LogP contribution in [0.1, 0.15) is 26.3 Å². The number of rotatable bonds is 4. The third-order valence-corrected chi connectivity index (χ3v) is 6.87. The largest absolute Gasteiger partial charge is 0.494 e. The van der Waals surface area contributed by atoms with E-state index in [0.29, 0.717) is 39.0 Å². The Kier molecular flexibility index (Phi) is 5.30. The Morgan fingerprint density at radius 3 is 2.50 bits per heavy atom. The summed E-state index contributed by atoms with van der Waals surface area (Å²) >= 11 is 0. The maximum absolute atomic E-state index is 13.1. The molecule has 1 amide bonds. The Morgan fingerprint density at radius 2 is 1.75 bits per heavy atom. The third kappa shape index (κ3) is 3.81. The van der Waals surface area contributed by atoms with E-state index in [-0.39, 0.29) is 23.3 Å². The monoisotopic (exact) mass is 479 g/mol. The lowest BCUT2D eigenvalue weighted by Gasteiger charge is -2.34. The van der Waals surface area contributed by atoms with Crippen molar-refractivity contribution in [3.8, 4) is 5.88 Å². The number of aromatic hydroxyl groups is 1. The van der Waals surface area contributed by atoms with Gasteiger partial charge in [-0.25, -0.2) is 4.99 Å². The molecule has 1 fully saturated rings. The van der Waals surface area contributed by atoms with E-state index >= 15 is 0 Å². The molecule has 2 aliphatic rings. The average molecular weight is 480 g/mol. The lowest BCUT2D eigenvalue weighted by atomic mass is 10.0. The number of Topliss-reactive ketones (excluding diaryl/α,β-unsaturated/α-hetero) is 1. The van der Waals surface area contributed by atoms with Crippen molar-refractivity contribution >= 4 is 45.4 Å². The van der Waals surface area contributed by atoms with E-state index in [1.54, 1.807) is 36.4 Å². The number of para-hydroxylation sites is 1. The summed E-state index contributed by atoms with van der Waals surface area (Å²) < 4.78 is 0. The summed E-state index contributed by atoms with van der Waals surface area (Å²) in [6.45, 7) is 4.02. The van der Waals surface area contributed by atoms with Crippen molar-refractivity contribution in [1.82, 2.24) is 9.88 Å². The van der Waals surface area contributed by atoms with Crippen LogP contribution in [-0.4, -0.2) is 65.6 Å². The number of ketones is 1. The molecule has 0 radical (unpaired) electrons. The van der Waals surface area contributed by atoms with Crippen LogP contribution < -0.4 is 10.2 Å². The molecule has 180 valence electrons. The normalized spacial score (nSPS) is 15.8. The molecule has 0 spiro atoms. The van der Waals surface area contributed by atoms with Crippen molar-refractivity contribution in [2.45, 2.75) is 0 Å².